The van der Waals surface area contributed by atoms with E-state index in [9.17, 15) is 4.79 Å². The summed E-state index contributed by atoms with van der Waals surface area (Å²) in [6, 6.07) is 0. The van der Waals surface area contributed by atoms with Crippen LogP contribution in [-0.2, 0) is 4.79 Å². The van der Waals surface area contributed by atoms with Gasteiger partial charge in [-0.25, -0.2) is 0 Å². The molecule has 0 unspecified atom stereocenters. The Morgan fingerprint density at radius 1 is 1.40 bits per heavy atom. The fourth-order valence-electron chi connectivity index (χ4n) is 1.37. The van der Waals surface area contributed by atoms with Crippen molar-refractivity contribution in [1.82, 2.24) is 0 Å². The molecule has 0 aromatic carbocycles. The molecule has 0 bridgehead atoms. The Hall–Kier alpha value is 0.106. The van der Waals surface area contributed by atoms with Crippen molar-refractivity contribution < 1.29 is 9.90 Å². The molecule has 0 saturated heterocycles. The Kier molecular flexibility index (Phi) is 3.52. The van der Waals surface area contributed by atoms with Crippen molar-refractivity contribution in [2.24, 2.45) is 5.41 Å². The van der Waals surface area contributed by atoms with Gasteiger partial charge >= 0.3 is 25.8 Å². The van der Waals surface area contributed by atoms with Gasteiger partial charge < -0.3 is 5.11 Å². The topological polar surface area (TPSA) is 37.3 Å². The van der Waals surface area contributed by atoms with E-state index < -0.39 is 5.97 Å². The SMILES string of the molecule is CC1(C(=O)O)CCCC1.[GaH3]. The van der Waals surface area contributed by atoms with Crippen LogP contribution in [0.3, 0.4) is 0 Å². The molecule has 0 radical (unpaired) electrons. The van der Waals surface area contributed by atoms with Crippen LogP contribution >= 0.6 is 0 Å². The second-order valence-corrected chi connectivity index (χ2v) is 3.07. The standard InChI is InChI=1S/C7H12O2.Ga.3H/c1-7(6(8)9)4-2-3-5-7;;;;/h2-5H2,1H3,(H,8,9);;;;. The Balaban J connectivity index is 0.000000810. The number of aliphatic carboxylic acids is 1. The minimum absolute atomic E-state index is 0. The van der Waals surface area contributed by atoms with E-state index in [0.717, 1.165) is 25.7 Å². The van der Waals surface area contributed by atoms with Gasteiger partial charge in [0.15, 0.2) is 0 Å². The van der Waals surface area contributed by atoms with E-state index >= 15 is 0 Å². The molecule has 1 aliphatic carbocycles. The number of carbonyl (C=O) groups is 1. The van der Waals surface area contributed by atoms with Crippen molar-refractivity contribution in [1.29, 1.82) is 0 Å². The van der Waals surface area contributed by atoms with E-state index in [1.807, 2.05) is 6.92 Å². The molecule has 0 aromatic heterocycles. The van der Waals surface area contributed by atoms with E-state index in [4.69, 9.17) is 5.11 Å². The minimum atomic E-state index is -0.625. The number of rotatable bonds is 1. The zero-order valence-corrected chi connectivity index (χ0v) is 5.68. The van der Waals surface area contributed by atoms with Gasteiger partial charge in [0.2, 0.25) is 0 Å². The van der Waals surface area contributed by atoms with Crippen LogP contribution in [0.2, 0.25) is 0 Å². The summed E-state index contributed by atoms with van der Waals surface area (Å²) in [7, 11) is 0. The van der Waals surface area contributed by atoms with Gasteiger partial charge in [-0.3, -0.25) is 4.79 Å². The van der Waals surface area contributed by atoms with Gasteiger partial charge in [0, 0.05) is 0 Å². The molecule has 1 aliphatic rings. The molecule has 1 fully saturated rings. The third kappa shape index (κ3) is 1.79. The van der Waals surface area contributed by atoms with Crippen molar-refractivity contribution in [3.63, 3.8) is 0 Å². The molecule has 2 nitrogen and oxygen atoms in total. The summed E-state index contributed by atoms with van der Waals surface area (Å²) in [5, 5.41) is 8.67. The first-order valence-corrected chi connectivity index (χ1v) is 3.38. The zero-order chi connectivity index (χ0) is 6.91. The Morgan fingerprint density at radius 3 is 2.00 bits per heavy atom. The molecule has 0 aliphatic heterocycles. The number of carboxylic acids is 1. The molecule has 0 atom stereocenters. The Morgan fingerprint density at radius 2 is 1.80 bits per heavy atom. The predicted molar refractivity (Wildman–Crippen MR) is 44.1 cm³/mol. The molecule has 0 spiro atoms. The third-order valence-electron chi connectivity index (χ3n) is 2.22. The molecular formula is C7H15GaO2. The van der Waals surface area contributed by atoms with E-state index in [0.29, 0.717) is 0 Å². The van der Waals surface area contributed by atoms with Crippen LogP contribution in [0.1, 0.15) is 32.6 Å². The van der Waals surface area contributed by atoms with Crippen molar-refractivity contribution in [2.45, 2.75) is 32.6 Å². The molecule has 0 heterocycles. The van der Waals surface area contributed by atoms with Gasteiger partial charge in [-0.2, -0.15) is 0 Å². The van der Waals surface area contributed by atoms with Crippen LogP contribution in [0.4, 0.5) is 0 Å². The maximum absolute atomic E-state index is 10.5. The van der Waals surface area contributed by atoms with Crippen LogP contribution in [0.5, 0.6) is 0 Å². The zero-order valence-electron chi connectivity index (χ0n) is 5.68. The van der Waals surface area contributed by atoms with E-state index in [1.165, 1.54) is 0 Å². The second-order valence-electron chi connectivity index (χ2n) is 3.07. The van der Waals surface area contributed by atoms with Gasteiger partial charge in [0.1, 0.15) is 0 Å². The summed E-state index contributed by atoms with van der Waals surface area (Å²) >= 11 is 0. The molecule has 3 heteroatoms. The molecule has 10 heavy (non-hydrogen) atoms. The monoisotopic (exact) mass is 200 g/mol. The molecule has 0 amide bonds. The fraction of sp³-hybridized carbons (Fsp3) is 0.857. The molecule has 1 N–H and O–H groups in total. The van der Waals surface area contributed by atoms with Crippen LogP contribution in [0, 0.1) is 5.41 Å². The molecule has 1 saturated carbocycles. The Bertz CT molecular complexity index is 128. The summed E-state index contributed by atoms with van der Waals surface area (Å²) in [5.74, 6) is -0.625. The first-order valence-electron chi connectivity index (χ1n) is 3.38. The fourth-order valence-corrected chi connectivity index (χ4v) is 1.37. The van der Waals surface area contributed by atoms with Crippen molar-refractivity contribution in [3.8, 4) is 0 Å². The van der Waals surface area contributed by atoms with Gasteiger partial charge in [-0.05, 0) is 19.8 Å². The van der Waals surface area contributed by atoms with Crippen molar-refractivity contribution in [3.05, 3.63) is 0 Å². The molecule has 1 rings (SSSR count). The van der Waals surface area contributed by atoms with Crippen molar-refractivity contribution in [2.75, 3.05) is 0 Å². The second kappa shape index (κ2) is 3.48. The van der Waals surface area contributed by atoms with Crippen LogP contribution < -0.4 is 0 Å². The molecule has 0 aromatic rings. The summed E-state index contributed by atoms with van der Waals surface area (Å²) in [6.07, 6.45) is 3.90. The van der Waals surface area contributed by atoms with E-state index in [1.54, 1.807) is 0 Å². The maximum atomic E-state index is 10.5. The summed E-state index contributed by atoms with van der Waals surface area (Å²) in [5.41, 5.74) is -0.389. The molecular weight excluding hydrogens is 186 g/mol. The summed E-state index contributed by atoms with van der Waals surface area (Å²) < 4.78 is 0. The van der Waals surface area contributed by atoms with Crippen LogP contribution in [0.15, 0.2) is 0 Å². The summed E-state index contributed by atoms with van der Waals surface area (Å²) in [4.78, 5) is 10.5. The van der Waals surface area contributed by atoms with E-state index in [-0.39, 0.29) is 25.2 Å². The normalized spacial score (nSPS) is 21.7. The average Bonchev–Trinajstić information content (AvgIpc) is 2.16. The van der Waals surface area contributed by atoms with Gasteiger partial charge in [0.25, 0.3) is 0 Å². The van der Waals surface area contributed by atoms with Crippen LogP contribution in [0.25, 0.3) is 0 Å². The molecule has 58 valence electrons. The Labute approximate surface area is 74.1 Å². The first kappa shape index (κ1) is 10.1. The quantitative estimate of drug-likeness (QED) is 0.626. The van der Waals surface area contributed by atoms with Gasteiger partial charge in [-0.1, -0.05) is 12.8 Å². The number of hydrogen-bond acceptors (Lipinski definition) is 1. The van der Waals surface area contributed by atoms with Gasteiger partial charge in [-0.15, -0.1) is 0 Å². The van der Waals surface area contributed by atoms with E-state index in [2.05, 4.69) is 0 Å². The number of hydrogen-bond donors (Lipinski definition) is 1. The summed E-state index contributed by atoms with van der Waals surface area (Å²) in [6.45, 7) is 1.84. The number of carboxylic acid groups (broad SMARTS) is 1. The van der Waals surface area contributed by atoms with Gasteiger partial charge in [0.05, 0.1) is 5.41 Å². The third-order valence-corrected chi connectivity index (χ3v) is 2.22. The van der Waals surface area contributed by atoms with Crippen LogP contribution in [-0.4, -0.2) is 30.9 Å². The van der Waals surface area contributed by atoms with Crippen molar-refractivity contribution >= 4 is 25.8 Å². The predicted octanol–water partition coefficient (Wildman–Crippen LogP) is 0.467. The average molecular weight is 201 g/mol. The first-order chi connectivity index (χ1) is 4.15.